The molecule has 1 saturated heterocycles. The number of hydrogen-bond donors (Lipinski definition) is 3. The monoisotopic (exact) mass is 340 g/mol. The second-order valence-electron chi connectivity index (χ2n) is 6.79. The largest absolute Gasteiger partial charge is 0.496 e. The summed E-state index contributed by atoms with van der Waals surface area (Å²) >= 11 is 0. The molecule has 3 rings (SSSR count). The second-order valence-corrected chi connectivity index (χ2v) is 6.79. The Morgan fingerprint density at radius 3 is 2.72 bits per heavy atom. The van der Waals surface area contributed by atoms with Crippen molar-refractivity contribution in [2.75, 3.05) is 20.3 Å². The van der Waals surface area contributed by atoms with E-state index in [1.165, 1.54) is 16.7 Å². The lowest BCUT2D eigenvalue weighted by Crippen LogP contribution is -2.38. The number of aliphatic hydroxyl groups is 1. The zero-order chi connectivity index (χ0) is 17.6. The Labute approximate surface area is 150 Å². The van der Waals surface area contributed by atoms with Gasteiger partial charge < -0.3 is 20.5 Å². The van der Waals surface area contributed by atoms with E-state index in [2.05, 4.69) is 54.0 Å². The molecule has 1 aliphatic rings. The van der Waals surface area contributed by atoms with Crippen molar-refractivity contribution in [3.05, 3.63) is 65.2 Å². The minimum atomic E-state index is 0.222. The lowest BCUT2D eigenvalue weighted by molar-refractivity contribution is 0.243. The number of rotatable bonds is 7. The van der Waals surface area contributed by atoms with Crippen LogP contribution in [0.1, 0.15) is 29.2 Å². The van der Waals surface area contributed by atoms with Gasteiger partial charge in [0.05, 0.1) is 7.11 Å². The van der Waals surface area contributed by atoms with E-state index >= 15 is 0 Å². The Balaban J connectivity index is 1.77. The number of hydrogen-bond acceptors (Lipinski definition) is 4. The number of nitrogens with one attached hydrogen (secondary N) is 2. The van der Waals surface area contributed by atoms with Gasteiger partial charge in [0.25, 0.3) is 0 Å². The normalized spacial score (nSPS) is 22.9. The quantitative estimate of drug-likeness (QED) is 0.725. The number of aliphatic hydroxyl groups excluding tert-OH is 1. The van der Waals surface area contributed by atoms with Crippen LogP contribution in [-0.4, -0.2) is 31.4 Å². The van der Waals surface area contributed by atoms with Crippen molar-refractivity contribution in [2.45, 2.75) is 32.0 Å². The van der Waals surface area contributed by atoms with Crippen LogP contribution in [0.5, 0.6) is 5.75 Å². The molecule has 25 heavy (non-hydrogen) atoms. The first-order valence-corrected chi connectivity index (χ1v) is 8.99. The van der Waals surface area contributed by atoms with Gasteiger partial charge in [0.15, 0.2) is 0 Å². The molecule has 1 fully saturated rings. The van der Waals surface area contributed by atoms with E-state index in [0.29, 0.717) is 5.92 Å². The summed E-state index contributed by atoms with van der Waals surface area (Å²) in [5.41, 5.74) is 3.69. The molecule has 0 spiro atoms. The summed E-state index contributed by atoms with van der Waals surface area (Å²) in [7, 11) is 1.71. The van der Waals surface area contributed by atoms with E-state index in [1.54, 1.807) is 7.11 Å². The Morgan fingerprint density at radius 1 is 1.20 bits per heavy atom. The summed E-state index contributed by atoms with van der Waals surface area (Å²) in [5.74, 6) is 1.32. The van der Waals surface area contributed by atoms with Gasteiger partial charge in [-0.15, -0.1) is 0 Å². The first-order chi connectivity index (χ1) is 12.2. The molecule has 0 aromatic heterocycles. The molecule has 0 radical (unpaired) electrons. The van der Waals surface area contributed by atoms with E-state index in [1.807, 2.05) is 12.1 Å². The van der Waals surface area contributed by atoms with Crippen LogP contribution in [0.15, 0.2) is 48.5 Å². The highest BCUT2D eigenvalue weighted by Crippen LogP contribution is 2.30. The maximum Gasteiger partial charge on any atom is 0.123 e. The highest BCUT2D eigenvalue weighted by atomic mass is 16.5. The molecule has 0 bridgehead atoms. The molecule has 3 N–H and O–H groups in total. The van der Waals surface area contributed by atoms with Gasteiger partial charge in [0.2, 0.25) is 0 Å². The van der Waals surface area contributed by atoms with Crippen molar-refractivity contribution in [1.29, 1.82) is 0 Å². The van der Waals surface area contributed by atoms with Gasteiger partial charge in [-0.2, -0.15) is 0 Å². The van der Waals surface area contributed by atoms with E-state index in [0.717, 1.165) is 25.3 Å². The first-order valence-electron chi connectivity index (χ1n) is 8.99. The Bertz CT molecular complexity index is 675. The Kier molecular flexibility index (Phi) is 6.08. The van der Waals surface area contributed by atoms with Crippen LogP contribution in [0.4, 0.5) is 0 Å². The van der Waals surface area contributed by atoms with E-state index in [9.17, 15) is 5.11 Å². The fourth-order valence-electron chi connectivity index (χ4n) is 3.80. The van der Waals surface area contributed by atoms with Crippen LogP contribution in [0.3, 0.4) is 0 Å². The molecule has 4 heteroatoms. The molecule has 2 aromatic carbocycles. The second kappa shape index (κ2) is 8.48. The molecule has 134 valence electrons. The van der Waals surface area contributed by atoms with E-state index < -0.39 is 0 Å². The van der Waals surface area contributed by atoms with Gasteiger partial charge in [0.1, 0.15) is 5.75 Å². The van der Waals surface area contributed by atoms with Gasteiger partial charge in [-0.3, -0.25) is 0 Å². The fourth-order valence-corrected chi connectivity index (χ4v) is 3.80. The summed E-state index contributed by atoms with van der Waals surface area (Å²) in [6, 6.07) is 17.3. The van der Waals surface area contributed by atoms with Gasteiger partial charge in [-0.1, -0.05) is 48.0 Å². The van der Waals surface area contributed by atoms with Gasteiger partial charge >= 0.3 is 0 Å². The summed E-state index contributed by atoms with van der Waals surface area (Å²) in [5, 5.41) is 16.8. The number of ether oxygens (including phenoxy) is 1. The van der Waals surface area contributed by atoms with Crippen LogP contribution in [0.2, 0.25) is 0 Å². The molecule has 3 unspecified atom stereocenters. The molecule has 0 amide bonds. The third-order valence-corrected chi connectivity index (χ3v) is 5.09. The standard InChI is InChI=1S/C21H28N2O2/c1-15-8-9-19(25-2)18(12-15)14-23-21-17(10-11-24)13-22-20(21)16-6-4-3-5-7-16/h3-9,12,17,20-24H,10-11,13-14H2,1-2H3. The van der Waals surface area contributed by atoms with Crippen LogP contribution >= 0.6 is 0 Å². The number of methoxy groups -OCH3 is 1. The molecule has 4 nitrogen and oxygen atoms in total. The minimum Gasteiger partial charge on any atom is -0.496 e. The summed E-state index contributed by atoms with van der Waals surface area (Å²) in [4.78, 5) is 0. The van der Waals surface area contributed by atoms with Crippen molar-refractivity contribution in [3.63, 3.8) is 0 Å². The minimum absolute atomic E-state index is 0.222. The van der Waals surface area contributed by atoms with Gasteiger partial charge in [0, 0.05) is 37.3 Å². The van der Waals surface area contributed by atoms with Gasteiger partial charge in [-0.25, -0.2) is 0 Å². The van der Waals surface area contributed by atoms with Crippen LogP contribution < -0.4 is 15.4 Å². The van der Waals surface area contributed by atoms with Gasteiger partial charge in [-0.05, 0) is 30.9 Å². The zero-order valence-electron chi connectivity index (χ0n) is 15.0. The van der Waals surface area contributed by atoms with Crippen LogP contribution in [0, 0.1) is 12.8 Å². The van der Waals surface area contributed by atoms with Crippen molar-refractivity contribution >= 4 is 0 Å². The molecule has 1 aliphatic heterocycles. The molecule has 0 aliphatic carbocycles. The molecule has 2 aromatic rings. The van der Waals surface area contributed by atoms with Crippen molar-refractivity contribution in [3.8, 4) is 5.75 Å². The lowest BCUT2D eigenvalue weighted by Gasteiger charge is -2.26. The first kappa shape index (κ1) is 17.9. The van der Waals surface area contributed by atoms with E-state index in [4.69, 9.17) is 4.74 Å². The lowest BCUT2D eigenvalue weighted by atomic mass is 9.91. The van der Waals surface area contributed by atoms with Crippen molar-refractivity contribution in [2.24, 2.45) is 5.92 Å². The van der Waals surface area contributed by atoms with Crippen LogP contribution in [-0.2, 0) is 6.54 Å². The highest BCUT2D eigenvalue weighted by Gasteiger charge is 2.35. The predicted octanol–water partition coefficient (Wildman–Crippen LogP) is 2.80. The summed E-state index contributed by atoms with van der Waals surface area (Å²) < 4.78 is 5.51. The summed E-state index contributed by atoms with van der Waals surface area (Å²) in [6.45, 7) is 3.99. The summed E-state index contributed by atoms with van der Waals surface area (Å²) in [6.07, 6.45) is 0.805. The molecule has 1 heterocycles. The maximum atomic E-state index is 9.43. The zero-order valence-corrected chi connectivity index (χ0v) is 15.0. The topological polar surface area (TPSA) is 53.5 Å². The van der Waals surface area contributed by atoms with E-state index in [-0.39, 0.29) is 18.7 Å². The highest BCUT2D eigenvalue weighted by molar-refractivity contribution is 5.37. The maximum absolute atomic E-state index is 9.43. The third kappa shape index (κ3) is 4.21. The molecular formula is C21H28N2O2. The van der Waals surface area contributed by atoms with Crippen LogP contribution in [0.25, 0.3) is 0 Å². The number of benzene rings is 2. The Morgan fingerprint density at radius 2 is 2.00 bits per heavy atom. The number of aryl methyl sites for hydroxylation is 1. The van der Waals surface area contributed by atoms with Crippen molar-refractivity contribution in [1.82, 2.24) is 10.6 Å². The average Bonchev–Trinajstić information content (AvgIpc) is 3.04. The smallest absolute Gasteiger partial charge is 0.123 e. The SMILES string of the molecule is COc1ccc(C)cc1CNC1C(CCO)CNC1c1ccccc1. The molecule has 0 saturated carbocycles. The Hall–Kier alpha value is -1.88. The molecular weight excluding hydrogens is 312 g/mol. The predicted molar refractivity (Wildman–Crippen MR) is 101 cm³/mol. The fraction of sp³-hybridized carbons (Fsp3) is 0.429. The third-order valence-electron chi connectivity index (χ3n) is 5.09. The average molecular weight is 340 g/mol. The molecule has 3 atom stereocenters. The van der Waals surface area contributed by atoms with Crippen molar-refractivity contribution < 1.29 is 9.84 Å².